The van der Waals surface area contributed by atoms with Crippen molar-refractivity contribution in [1.29, 1.82) is 0 Å². The van der Waals surface area contributed by atoms with Crippen LogP contribution in [0.25, 0.3) is 22.0 Å². The molecule has 3 aromatic carbocycles. The smallest absolute Gasteiger partial charge is 0.250 e. The van der Waals surface area contributed by atoms with Crippen LogP contribution < -0.4 is 10.6 Å². The van der Waals surface area contributed by atoms with Crippen molar-refractivity contribution in [2.45, 2.75) is 59.2 Å². The highest BCUT2D eigenvalue weighted by Gasteiger charge is 2.27. The van der Waals surface area contributed by atoms with Crippen LogP contribution >= 0.6 is 0 Å². The topological polar surface area (TPSA) is 148 Å². The highest BCUT2D eigenvalue weighted by Crippen LogP contribution is 2.25. The second-order valence-electron chi connectivity index (χ2n) is 12.8. The van der Waals surface area contributed by atoms with Gasteiger partial charge in [-0.2, -0.15) is 0 Å². The number of allylic oxidation sites excluding steroid dienone is 1. The zero-order chi connectivity index (χ0) is 38.3. The Morgan fingerprint density at radius 1 is 0.870 bits per heavy atom. The number of carbonyl (C=O) groups is 3. The number of methoxy groups -OCH3 is 1. The molecule has 280 valence electrons. The van der Waals surface area contributed by atoms with Crippen LogP contribution in [0.15, 0.2) is 91.1 Å². The number of fused-ring (bicyclic) bond motifs is 1. The van der Waals surface area contributed by atoms with Crippen molar-refractivity contribution < 1.29 is 19.1 Å². The zero-order valence-corrected chi connectivity index (χ0v) is 31.3. The minimum Gasteiger partial charge on any atom is -0.483 e. The van der Waals surface area contributed by atoms with E-state index >= 15 is 0 Å². The van der Waals surface area contributed by atoms with Gasteiger partial charge in [-0.05, 0) is 65.8 Å². The van der Waals surface area contributed by atoms with Gasteiger partial charge in [-0.15, -0.1) is 0 Å². The molecular formula is C42H48N8O4. The molecule has 12 nitrogen and oxygen atoms in total. The predicted octanol–water partition coefficient (Wildman–Crippen LogP) is 5.80. The molecule has 0 spiro atoms. The molecule has 0 saturated heterocycles. The van der Waals surface area contributed by atoms with Crippen LogP contribution in [0.3, 0.4) is 0 Å². The number of ether oxygens (including phenoxy) is 1. The van der Waals surface area contributed by atoms with E-state index in [9.17, 15) is 14.4 Å². The fraction of sp³-hybridized carbons (Fsp3) is 0.310. The molecule has 1 atom stereocenters. The van der Waals surface area contributed by atoms with Crippen LogP contribution in [0, 0.1) is 11.8 Å². The van der Waals surface area contributed by atoms with E-state index in [0.717, 1.165) is 52.4 Å². The molecule has 5 aromatic rings. The first-order valence-electron chi connectivity index (χ1n) is 18.3. The van der Waals surface area contributed by atoms with Crippen LogP contribution in [0.2, 0.25) is 0 Å². The standard InChI is InChI=1S/C42H48N8O4/c1-5-11-39(54-4)48-41(31-12-9-8-10-13-31)42(53)50(21-7-3)28-37-44-24-35(46-37)19-15-30-14-16-33-23-34(18-17-32(33)22-30)36-25-45-38(47-36)27-49(20-6-2)40(52)26-43-29-51/h8-14,16-18,22-25,29,41,48H,5-7,20-21,26-28H2,1-4H3,(H,43,51)(H,44,46)(H,45,47)/b39-11+. The minimum absolute atomic E-state index is 0.0424. The van der Waals surface area contributed by atoms with Crippen molar-refractivity contribution in [1.82, 2.24) is 40.4 Å². The molecule has 54 heavy (non-hydrogen) atoms. The molecule has 2 heterocycles. The van der Waals surface area contributed by atoms with Gasteiger partial charge in [0.25, 0.3) is 0 Å². The number of imidazole rings is 2. The monoisotopic (exact) mass is 728 g/mol. The summed E-state index contributed by atoms with van der Waals surface area (Å²) in [5.74, 6) is 8.07. The van der Waals surface area contributed by atoms with Crippen molar-refractivity contribution >= 4 is 29.0 Å². The number of rotatable bonds is 18. The third-order valence-electron chi connectivity index (χ3n) is 8.69. The number of nitrogens with zero attached hydrogens (tertiary/aromatic N) is 4. The Balaban J connectivity index is 1.26. The molecule has 0 aliphatic rings. The Morgan fingerprint density at radius 2 is 1.57 bits per heavy atom. The fourth-order valence-electron chi connectivity index (χ4n) is 6.07. The molecule has 5 rings (SSSR count). The van der Waals surface area contributed by atoms with E-state index in [4.69, 9.17) is 4.74 Å². The van der Waals surface area contributed by atoms with Crippen molar-refractivity contribution in [3.05, 3.63) is 120 Å². The summed E-state index contributed by atoms with van der Waals surface area (Å²) in [4.78, 5) is 56.3. The second kappa shape index (κ2) is 19.5. The lowest BCUT2D eigenvalue weighted by molar-refractivity contribution is -0.134. The van der Waals surface area contributed by atoms with Crippen molar-refractivity contribution in [2.24, 2.45) is 0 Å². The lowest BCUT2D eigenvalue weighted by Gasteiger charge is -2.28. The van der Waals surface area contributed by atoms with E-state index in [1.807, 2.05) is 87.5 Å². The first kappa shape index (κ1) is 38.9. The number of hydrogen-bond donors (Lipinski definition) is 4. The Kier molecular flexibility index (Phi) is 14.0. The van der Waals surface area contributed by atoms with E-state index in [1.54, 1.807) is 29.3 Å². The molecule has 3 amide bonds. The maximum absolute atomic E-state index is 14.0. The first-order chi connectivity index (χ1) is 26.3. The van der Waals surface area contributed by atoms with Gasteiger partial charge in [-0.25, -0.2) is 9.97 Å². The zero-order valence-electron chi connectivity index (χ0n) is 31.3. The third-order valence-corrected chi connectivity index (χ3v) is 8.69. The van der Waals surface area contributed by atoms with Gasteiger partial charge >= 0.3 is 0 Å². The van der Waals surface area contributed by atoms with E-state index in [0.29, 0.717) is 55.8 Å². The van der Waals surface area contributed by atoms with Crippen molar-refractivity contribution in [3.8, 4) is 23.1 Å². The van der Waals surface area contributed by atoms with E-state index < -0.39 is 6.04 Å². The summed E-state index contributed by atoms with van der Waals surface area (Å²) in [6.07, 6.45) is 8.26. The maximum atomic E-state index is 14.0. The highest BCUT2D eigenvalue weighted by molar-refractivity contribution is 5.88. The molecule has 12 heteroatoms. The van der Waals surface area contributed by atoms with Gasteiger partial charge in [-0.1, -0.05) is 75.2 Å². The summed E-state index contributed by atoms with van der Waals surface area (Å²) in [6.45, 7) is 7.79. The molecule has 0 bridgehead atoms. The first-order valence-corrected chi connectivity index (χ1v) is 18.3. The summed E-state index contributed by atoms with van der Waals surface area (Å²) in [7, 11) is 1.59. The van der Waals surface area contributed by atoms with E-state index in [-0.39, 0.29) is 18.4 Å². The Labute approximate surface area is 316 Å². The molecule has 0 aliphatic heterocycles. The third kappa shape index (κ3) is 10.4. The van der Waals surface area contributed by atoms with E-state index in [2.05, 4.69) is 48.5 Å². The number of aromatic amines is 2. The van der Waals surface area contributed by atoms with Crippen LogP contribution in [0.4, 0.5) is 0 Å². The highest BCUT2D eigenvalue weighted by atomic mass is 16.5. The van der Waals surface area contributed by atoms with Crippen LogP contribution in [0.5, 0.6) is 0 Å². The molecule has 0 saturated carbocycles. The number of nitrogens with one attached hydrogen (secondary N) is 4. The summed E-state index contributed by atoms with van der Waals surface area (Å²) >= 11 is 0. The van der Waals surface area contributed by atoms with Gasteiger partial charge in [0.05, 0.1) is 44.8 Å². The van der Waals surface area contributed by atoms with Gasteiger partial charge in [-0.3, -0.25) is 14.4 Å². The number of benzene rings is 3. The second-order valence-corrected chi connectivity index (χ2v) is 12.8. The van der Waals surface area contributed by atoms with Crippen LogP contribution in [-0.2, 0) is 32.2 Å². The quantitative estimate of drug-likeness (QED) is 0.0506. The molecule has 4 N–H and O–H groups in total. The Hall–Kier alpha value is -6.35. The lowest BCUT2D eigenvalue weighted by Crippen LogP contribution is -2.41. The van der Waals surface area contributed by atoms with Crippen molar-refractivity contribution in [3.63, 3.8) is 0 Å². The minimum atomic E-state index is -0.623. The van der Waals surface area contributed by atoms with Gasteiger partial charge < -0.3 is 35.1 Å². The SMILES string of the molecule is CC/C=C(\NC(C(=O)N(CCC)Cc1ncc(C#Cc2ccc3cc(-c4cnc(CN(CCC)C(=O)CNC=O)[nH]4)ccc3c2)[nH]1)c1ccccc1)OC. The summed E-state index contributed by atoms with van der Waals surface area (Å²) in [6, 6.07) is 21.3. The van der Waals surface area contributed by atoms with Gasteiger partial charge in [0.15, 0.2) is 5.88 Å². The predicted molar refractivity (Wildman–Crippen MR) is 209 cm³/mol. The van der Waals surface area contributed by atoms with Crippen LogP contribution in [0.1, 0.15) is 74.5 Å². The number of carbonyl (C=O) groups excluding carboxylic acids is 3. The molecule has 1 unspecified atom stereocenters. The average Bonchev–Trinajstić information content (AvgIpc) is 3.87. The lowest BCUT2D eigenvalue weighted by atomic mass is 10.0. The molecule has 0 aliphatic carbocycles. The number of amides is 3. The summed E-state index contributed by atoms with van der Waals surface area (Å²) < 4.78 is 5.52. The summed E-state index contributed by atoms with van der Waals surface area (Å²) in [5.41, 5.74) is 4.18. The molecule has 2 aromatic heterocycles. The number of H-pyrrole nitrogens is 2. The molecule has 0 fully saturated rings. The Morgan fingerprint density at radius 3 is 2.31 bits per heavy atom. The fourth-order valence-corrected chi connectivity index (χ4v) is 6.07. The van der Waals surface area contributed by atoms with Gasteiger partial charge in [0, 0.05) is 24.2 Å². The van der Waals surface area contributed by atoms with Gasteiger partial charge in [0.1, 0.15) is 23.4 Å². The number of hydrogen-bond acceptors (Lipinski definition) is 7. The maximum Gasteiger partial charge on any atom is 0.250 e. The van der Waals surface area contributed by atoms with Crippen molar-refractivity contribution in [2.75, 3.05) is 26.7 Å². The average molecular weight is 729 g/mol. The van der Waals surface area contributed by atoms with Gasteiger partial charge in [0.2, 0.25) is 18.2 Å². The molecular weight excluding hydrogens is 681 g/mol. The molecule has 0 radical (unpaired) electrons. The largest absolute Gasteiger partial charge is 0.483 e. The van der Waals surface area contributed by atoms with E-state index in [1.165, 1.54) is 0 Å². The number of aromatic nitrogens is 4. The van der Waals surface area contributed by atoms with Crippen LogP contribution in [-0.4, -0.2) is 74.7 Å². The summed E-state index contributed by atoms with van der Waals surface area (Å²) in [5, 5.41) is 7.83. The Bertz CT molecular complexity index is 2110. The normalized spacial score (nSPS) is 11.7.